The van der Waals surface area contributed by atoms with E-state index in [1.54, 1.807) is 15.6 Å². The minimum atomic E-state index is -1.15. The van der Waals surface area contributed by atoms with E-state index in [0.717, 1.165) is 30.5 Å². The summed E-state index contributed by atoms with van der Waals surface area (Å²) in [5, 5.41) is 20.9. The fourth-order valence-corrected chi connectivity index (χ4v) is 5.21. The smallest absolute Gasteiger partial charge is 0.328 e. The number of hydrogen-bond acceptors (Lipinski definition) is 10. The van der Waals surface area contributed by atoms with Gasteiger partial charge in [-0.05, 0) is 41.6 Å². The second-order valence-corrected chi connectivity index (χ2v) is 9.96. The Labute approximate surface area is 231 Å². The van der Waals surface area contributed by atoms with Gasteiger partial charge in [-0.1, -0.05) is 34.7 Å². The first-order valence-electron chi connectivity index (χ1n) is 12.1. The summed E-state index contributed by atoms with van der Waals surface area (Å²) < 4.78 is 41.6. The standard InChI is InChI=1S/C25H24F2N8O4S/c1-14-4-6-16(7-5-14)35-25(29-30-32-35)40-13-15-11-34(31-28-15)17-10-20(24(37)39-3)33(12-17)23(36)18-8-9-19(26)22(38-2)21(18)27/h4-9,11,17,20H,10,12-13H2,1-3H3/t17-,20-/m0/s1. The number of methoxy groups -OCH3 is 2. The topological polar surface area (TPSA) is 130 Å². The number of nitrogens with zero attached hydrogens (tertiary/aromatic N) is 8. The number of rotatable bonds is 8. The highest BCUT2D eigenvalue weighted by molar-refractivity contribution is 7.98. The molecule has 1 aliphatic rings. The number of benzene rings is 2. The van der Waals surface area contributed by atoms with Crippen LogP contribution in [0, 0.1) is 18.6 Å². The van der Waals surface area contributed by atoms with Crippen molar-refractivity contribution in [2.75, 3.05) is 20.8 Å². The molecule has 1 saturated heterocycles. The van der Waals surface area contributed by atoms with Gasteiger partial charge in [-0.15, -0.1) is 10.2 Å². The Kier molecular flexibility index (Phi) is 7.73. The highest BCUT2D eigenvalue weighted by Crippen LogP contribution is 2.32. The van der Waals surface area contributed by atoms with Crippen LogP contribution in [0.3, 0.4) is 0 Å². The molecule has 208 valence electrons. The molecule has 0 saturated carbocycles. The second kappa shape index (κ2) is 11.4. The molecule has 3 heterocycles. The Hall–Kier alpha value is -4.40. The summed E-state index contributed by atoms with van der Waals surface area (Å²) in [6, 6.07) is 8.29. The van der Waals surface area contributed by atoms with E-state index >= 15 is 0 Å². The molecule has 2 aromatic heterocycles. The van der Waals surface area contributed by atoms with Gasteiger partial charge in [0.2, 0.25) is 5.16 Å². The number of esters is 1. The first-order chi connectivity index (χ1) is 19.3. The molecule has 1 aliphatic heterocycles. The zero-order valence-corrected chi connectivity index (χ0v) is 22.5. The maximum atomic E-state index is 14.9. The third-order valence-electron chi connectivity index (χ3n) is 6.50. The number of carbonyl (C=O) groups excluding carboxylic acids is 2. The van der Waals surface area contributed by atoms with Gasteiger partial charge in [-0.25, -0.2) is 18.3 Å². The normalized spacial score (nSPS) is 16.8. The lowest BCUT2D eigenvalue weighted by atomic mass is 10.1. The molecular formula is C25H24F2N8O4S. The van der Waals surface area contributed by atoms with E-state index in [9.17, 15) is 18.4 Å². The van der Waals surface area contributed by atoms with Crippen molar-refractivity contribution < 1.29 is 27.8 Å². The fraction of sp³-hybridized carbons (Fsp3) is 0.320. The average molecular weight is 571 g/mol. The van der Waals surface area contributed by atoms with Crippen molar-refractivity contribution >= 4 is 23.6 Å². The monoisotopic (exact) mass is 570 g/mol. The molecule has 15 heteroatoms. The van der Waals surface area contributed by atoms with E-state index in [4.69, 9.17) is 9.47 Å². The average Bonchev–Trinajstić information content (AvgIpc) is 3.71. The summed E-state index contributed by atoms with van der Waals surface area (Å²) >= 11 is 1.37. The summed E-state index contributed by atoms with van der Waals surface area (Å²) in [4.78, 5) is 27.0. The first kappa shape index (κ1) is 27.2. The van der Waals surface area contributed by atoms with Crippen molar-refractivity contribution in [3.8, 4) is 11.4 Å². The van der Waals surface area contributed by atoms with Crippen molar-refractivity contribution in [3.05, 3.63) is 71.1 Å². The maximum Gasteiger partial charge on any atom is 0.328 e. The van der Waals surface area contributed by atoms with Crippen molar-refractivity contribution in [1.82, 2.24) is 40.1 Å². The van der Waals surface area contributed by atoms with E-state index in [2.05, 4.69) is 25.8 Å². The van der Waals surface area contributed by atoms with Gasteiger partial charge in [0, 0.05) is 24.9 Å². The number of amides is 1. The predicted molar refractivity (Wildman–Crippen MR) is 137 cm³/mol. The molecule has 0 aliphatic carbocycles. The molecule has 4 aromatic rings. The fourth-order valence-electron chi connectivity index (χ4n) is 4.44. The van der Waals surface area contributed by atoms with Gasteiger partial charge in [0.05, 0.1) is 37.2 Å². The van der Waals surface area contributed by atoms with E-state index in [0.29, 0.717) is 16.6 Å². The molecule has 40 heavy (non-hydrogen) atoms. The molecule has 0 unspecified atom stereocenters. The lowest BCUT2D eigenvalue weighted by Gasteiger charge is -2.23. The molecule has 0 bridgehead atoms. The molecule has 12 nitrogen and oxygen atoms in total. The predicted octanol–water partition coefficient (Wildman–Crippen LogP) is 2.77. The lowest BCUT2D eigenvalue weighted by molar-refractivity contribution is -0.145. The van der Waals surface area contributed by atoms with Crippen LogP contribution in [0.15, 0.2) is 47.8 Å². The van der Waals surface area contributed by atoms with E-state index < -0.39 is 46.9 Å². The Morgan fingerprint density at radius 2 is 1.85 bits per heavy atom. The molecule has 1 amide bonds. The van der Waals surface area contributed by atoms with E-state index in [-0.39, 0.29) is 13.0 Å². The Morgan fingerprint density at radius 3 is 2.58 bits per heavy atom. The number of aryl methyl sites for hydroxylation is 1. The third-order valence-corrected chi connectivity index (χ3v) is 7.45. The van der Waals surface area contributed by atoms with Crippen LogP contribution in [0.25, 0.3) is 5.69 Å². The Balaban J connectivity index is 1.31. The molecule has 2 atom stereocenters. The van der Waals surface area contributed by atoms with Gasteiger partial charge >= 0.3 is 5.97 Å². The van der Waals surface area contributed by atoms with E-state index in [1.807, 2.05) is 31.2 Å². The summed E-state index contributed by atoms with van der Waals surface area (Å²) in [5.74, 6) is -3.82. The number of aromatic nitrogens is 7. The maximum absolute atomic E-state index is 14.9. The van der Waals surface area contributed by atoms with Crippen LogP contribution >= 0.6 is 11.8 Å². The van der Waals surface area contributed by atoms with Crippen LogP contribution in [0.4, 0.5) is 8.78 Å². The molecule has 0 radical (unpaired) electrons. The number of ether oxygens (including phenoxy) is 2. The highest BCUT2D eigenvalue weighted by atomic mass is 32.2. The van der Waals surface area contributed by atoms with Crippen molar-refractivity contribution in [3.63, 3.8) is 0 Å². The zero-order chi connectivity index (χ0) is 28.4. The van der Waals surface area contributed by atoms with Crippen LogP contribution in [0.1, 0.15) is 34.1 Å². The second-order valence-electron chi connectivity index (χ2n) is 9.02. The number of hydrogen-bond donors (Lipinski definition) is 0. The molecule has 0 N–H and O–H groups in total. The lowest BCUT2D eigenvalue weighted by Crippen LogP contribution is -2.41. The van der Waals surface area contributed by atoms with Crippen LogP contribution in [-0.2, 0) is 15.3 Å². The van der Waals surface area contributed by atoms with Gasteiger partial charge < -0.3 is 14.4 Å². The summed E-state index contributed by atoms with van der Waals surface area (Å²) in [5.41, 5.74) is 2.14. The zero-order valence-electron chi connectivity index (χ0n) is 21.7. The number of halogens is 2. The van der Waals surface area contributed by atoms with Gasteiger partial charge in [0.25, 0.3) is 5.91 Å². The van der Waals surface area contributed by atoms with Crippen molar-refractivity contribution in [1.29, 1.82) is 0 Å². The summed E-state index contributed by atoms with van der Waals surface area (Å²) in [6.45, 7) is 2.02. The van der Waals surface area contributed by atoms with Gasteiger partial charge in [-0.3, -0.25) is 4.79 Å². The SMILES string of the molecule is COC(=O)[C@@H]1C[C@H](n2cc(CSc3nnnn3-c3ccc(C)cc3)nn2)CN1C(=O)c1ccc(F)c(OC)c1F. The van der Waals surface area contributed by atoms with Crippen LogP contribution in [-0.4, -0.2) is 78.8 Å². The largest absolute Gasteiger partial charge is 0.491 e. The third kappa shape index (κ3) is 5.23. The van der Waals surface area contributed by atoms with Gasteiger partial charge in [0.1, 0.15) is 6.04 Å². The highest BCUT2D eigenvalue weighted by Gasteiger charge is 2.42. The number of carbonyl (C=O) groups is 2. The van der Waals surface area contributed by atoms with Gasteiger partial charge in [0.15, 0.2) is 17.4 Å². The first-order valence-corrected chi connectivity index (χ1v) is 13.1. The molecule has 2 aromatic carbocycles. The molecule has 1 fully saturated rings. The number of thioether (sulfide) groups is 1. The molecule has 0 spiro atoms. The Morgan fingerprint density at radius 1 is 1.07 bits per heavy atom. The minimum Gasteiger partial charge on any atom is -0.491 e. The van der Waals surface area contributed by atoms with Crippen LogP contribution in [0.2, 0.25) is 0 Å². The Bertz CT molecular complexity index is 1540. The molecule has 5 rings (SSSR count). The number of likely N-dealkylation sites (tertiary alicyclic amines) is 1. The van der Waals surface area contributed by atoms with Crippen LogP contribution < -0.4 is 4.74 Å². The number of tetrazole rings is 1. The van der Waals surface area contributed by atoms with Crippen molar-refractivity contribution in [2.24, 2.45) is 0 Å². The summed E-state index contributed by atoms with van der Waals surface area (Å²) in [6.07, 6.45) is 1.88. The van der Waals surface area contributed by atoms with E-state index in [1.165, 1.54) is 23.8 Å². The minimum absolute atomic E-state index is 0.0271. The van der Waals surface area contributed by atoms with Gasteiger partial charge in [-0.2, -0.15) is 4.68 Å². The molecular weight excluding hydrogens is 546 g/mol. The quantitative estimate of drug-likeness (QED) is 0.230. The summed E-state index contributed by atoms with van der Waals surface area (Å²) in [7, 11) is 2.30. The van der Waals surface area contributed by atoms with Crippen LogP contribution in [0.5, 0.6) is 5.75 Å². The van der Waals surface area contributed by atoms with Crippen molar-refractivity contribution in [2.45, 2.75) is 36.3 Å².